The van der Waals surface area contributed by atoms with Gasteiger partial charge in [0.25, 0.3) is 0 Å². The van der Waals surface area contributed by atoms with Gasteiger partial charge in [-0.2, -0.15) is 0 Å². The first-order valence-electron chi connectivity index (χ1n) is 12.4. The minimum Gasteiger partial charge on any atom is -0.512 e. The molecule has 5 rings (SSSR count). The van der Waals surface area contributed by atoms with Crippen LogP contribution in [0.2, 0.25) is 0 Å². The van der Waals surface area contributed by atoms with Crippen molar-refractivity contribution in [1.29, 1.82) is 5.41 Å². The lowest BCUT2D eigenvalue weighted by atomic mass is 9.97. The van der Waals surface area contributed by atoms with Gasteiger partial charge in [0.15, 0.2) is 0 Å². The Balaban J connectivity index is 1.85. The number of halogens is 1. The Kier molecular flexibility index (Phi) is 6.81. The molecule has 0 aliphatic carbocycles. The highest BCUT2D eigenvalue weighted by molar-refractivity contribution is 6.22. The van der Waals surface area contributed by atoms with E-state index in [0.717, 1.165) is 28.2 Å². The fourth-order valence-electron chi connectivity index (χ4n) is 5.05. The average Bonchev–Trinajstić information content (AvgIpc) is 3.28. The van der Waals surface area contributed by atoms with Gasteiger partial charge in [-0.1, -0.05) is 54.6 Å². The quantitative estimate of drug-likeness (QED) is 0.153. The zero-order valence-electron chi connectivity index (χ0n) is 21.4. The molecule has 39 heavy (non-hydrogen) atoms. The molecule has 0 bridgehead atoms. The maximum Gasteiger partial charge on any atom is 0.335 e. The molecule has 0 aliphatic rings. The second kappa shape index (κ2) is 10.4. The topological polar surface area (TPSA) is 99.2 Å². The predicted molar refractivity (Wildman–Crippen MR) is 151 cm³/mol. The molecule has 5 aromatic rings. The average molecular weight is 520 g/mol. The molecule has 2 heterocycles. The lowest BCUT2D eigenvalue weighted by Gasteiger charge is -2.21. The zero-order valence-corrected chi connectivity index (χ0v) is 21.4. The number of aromatic carboxylic acids is 1. The van der Waals surface area contributed by atoms with E-state index in [4.69, 9.17) is 5.41 Å². The van der Waals surface area contributed by atoms with Gasteiger partial charge in [0.1, 0.15) is 11.9 Å². The van der Waals surface area contributed by atoms with Crippen molar-refractivity contribution in [3.05, 3.63) is 131 Å². The highest BCUT2D eigenvalue weighted by Crippen LogP contribution is 2.39. The summed E-state index contributed by atoms with van der Waals surface area (Å²) in [5.41, 5.74) is 4.47. The third-order valence-corrected chi connectivity index (χ3v) is 6.73. The number of hydrogen-bond donors (Lipinski definition) is 3. The molecule has 0 radical (unpaired) electrons. The molecule has 1 atom stereocenters. The van der Waals surface area contributed by atoms with Gasteiger partial charge in [0.2, 0.25) is 0 Å². The van der Waals surface area contributed by atoms with Crippen LogP contribution in [0.4, 0.5) is 4.39 Å². The number of carbonyl (C=O) groups is 1. The number of fused-ring (bicyclic) bond motifs is 1. The molecule has 194 valence electrons. The van der Waals surface area contributed by atoms with Gasteiger partial charge in [0.05, 0.1) is 22.5 Å². The van der Waals surface area contributed by atoms with Crippen LogP contribution in [-0.2, 0) is 0 Å². The van der Waals surface area contributed by atoms with Crippen molar-refractivity contribution in [1.82, 2.24) is 9.55 Å². The van der Waals surface area contributed by atoms with Crippen LogP contribution in [0.25, 0.3) is 27.6 Å². The Morgan fingerprint density at radius 1 is 0.897 bits per heavy atom. The van der Waals surface area contributed by atoms with E-state index >= 15 is 4.39 Å². The number of aliphatic hydroxyl groups is 1. The molecule has 0 amide bonds. The van der Waals surface area contributed by atoms with E-state index in [2.05, 4.69) is 4.98 Å². The molecule has 0 aliphatic heterocycles. The number of carboxylic acids is 1. The number of aliphatic hydroxyl groups excluding tert-OH is 1. The van der Waals surface area contributed by atoms with Gasteiger partial charge in [-0.3, -0.25) is 4.98 Å². The SMILES string of the molecule is CC(=N)/C(=C(/C)O)c1ccc2c(-c3ccc(C(=O)O)cc3F)cn(C(c3ccccc3)c3ccccn3)c2c1. The highest BCUT2D eigenvalue weighted by atomic mass is 19.1. The van der Waals surface area contributed by atoms with Crippen LogP contribution in [-0.4, -0.2) is 31.4 Å². The van der Waals surface area contributed by atoms with E-state index in [9.17, 15) is 15.0 Å². The van der Waals surface area contributed by atoms with Gasteiger partial charge in [-0.05, 0) is 55.3 Å². The summed E-state index contributed by atoms with van der Waals surface area (Å²) in [6.07, 6.45) is 3.58. The number of nitrogens with one attached hydrogen (secondary N) is 1. The number of pyridine rings is 1. The van der Waals surface area contributed by atoms with Crippen LogP contribution in [0.5, 0.6) is 0 Å². The number of nitrogens with zero attached hydrogens (tertiary/aromatic N) is 2. The molecule has 6 nitrogen and oxygen atoms in total. The Morgan fingerprint density at radius 3 is 2.23 bits per heavy atom. The van der Waals surface area contributed by atoms with Crippen LogP contribution >= 0.6 is 0 Å². The highest BCUT2D eigenvalue weighted by Gasteiger charge is 2.24. The van der Waals surface area contributed by atoms with E-state index in [1.165, 1.54) is 12.1 Å². The van der Waals surface area contributed by atoms with Crippen LogP contribution in [0.3, 0.4) is 0 Å². The normalized spacial score (nSPS) is 12.7. The Bertz CT molecular complexity index is 1700. The smallest absolute Gasteiger partial charge is 0.335 e. The molecule has 7 heteroatoms. The third kappa shape index (κ3) is 4.82. The molecule has 1 unspecified atom stereocenters. The fourth-order valence-corrected chi connectivity index (χ4v) is 5.05. The summed E-state index contributed by atoms with van der Waals surface area (Å²) in [5.74, 6) is -1.82. The number of rotatable bonds is 7. The molecular formula is C32H26FN3O3. The second-order valence-corrected chi connectivity index (χ2v) is 9.33. The van der Waals surface area contributed by atoms with E-state index in [0.29, 0.717) is 16.7 Å². The molecular weight excluding hydrogens is 493 g/mol. The Hall–Kier alpha value is -5.04. The van der Waals surface area contributed by atoms with E-state index in [1.807, 2.05) is 71.4 Å². The maximum atomic E-state index is 15.3. The van der Waals surface area contributed by atoms with Crippen molar-refractivity contribution >= 4 is 28.2 Å². The van der Waals surface area contributed by atoms with Crippen LogP contribution in [0, 0.1) is 11.2 Å². The molecule has 3 aromatic carbocycles. The number of hydrogen-bond acceptors (Lipinski definition) is 4. The zero-order chi connectivity index (χ0) is 27.7. The third-order valence-electron chi connectivity index (χ3n) is 6.73. The Labute approximate surface area is 224 Å². The molecule has 3 N–H and O–H groups in total. The molecule has 0 saturated heterocycles. The number of aromatic nitrogens is 2. The van der Waals surface area contributed by atoms with Crippen LogP contribution in [0.15, 0.2) is 103 Å². The van der Waals surface area contributed by atoms with E-state index in [1.54, 1.807) is 26.1 Å². The van der Waals surface area contributed by atoms with Crippen molar-refractivity contribution in [2.75, 3.05) is 0 Å². The molecule has 0 fully saturated rings. The summed E-state index contributed by atoms with van der Waals surface area (Å²) >= 11 is 0. The van der Waals surface area contributed by atoms with Gasteiger partial charge >= 0.3 is 5.97 Å². The summed E-state index contributed by atoms with van der Waals surface area (Å²) in [6.45, 7) is 3.16. The largest absolute Gasteiger partial charge is 0.512 e. The fraction of sp³-hybridized carbons (Fsp3) is 0.0938. The first-order valence-corrected chi connectivity index (χ1v) is 12.4. The van der Waals surface area contributed by atoms with Gasteiger partial charge in [0, 0.05) is 40.2 Å². The van der Waals surface area contributed by atoms with Crippen molar-refractivity contribution in [2.24, 2.45) is 0 Å². The summed E-state index contributed by atoms with van der Waals surface area (Å²) in [6, 6.07) is 24.6. The van der Waals surface area contributed by atoms with Gasteiger partial charge in [-0.25, -0.2) is 9.18 Å². The van der Waals surface area contributed by atoms with Crippen molar-refractivity contribution in [2.45, 2.75) is 19.9 Å². The second-order valence-electron chi connectivity index (χ2n) is 9.33. The minimum atomic E-state index is -1.20. The first-order chi connectivity index (χ1) is 18.8. The summed E-state index contributed by atoms with van der Waals surface area (Å²) in [5, 5.41) is 28.6. The number of carboxylic acid groups (broad SMARTS) is 1. The van der Waals surface area contributed by atoms with Crippen molar-refractivity contribution in [3.8, 4) is 11.1 Å². The summed E-state index contributed by atoms with van der Waals surface area (Å²) in [7, 11) is 0. The van der Waals surface area contributed by atoms with E-state index in [-0.39, 0.29) is 28.6 Å². The van der Waals surface area contributed by atoms with Gasteiger partial charge in [-0.15, -0.1) is 0 Å². The molecule has 0 saturated carbocycles. The van der Waals surface area contributed by atoms with Crippen LogP contribution in [0.1, 0.15) is 47.1 Å². The van der Waals surface area contributed by atoms with E-state index < -0.39 is 11.8 Å². The molecule has 2 aromatic heterocycles. The lowest BCUT2D eigenvalue weighted by Crippen LogP contribution is -2.13. The molecule has 0 spiro atoms. The maximum absolute atomic E-state index is 15.3. The minimum absolute atomic E-state index is 0.0276. The lowest BCUT2D eigenvalue weighted by molar-refractivity contribution is 0.0696. The van der Waals surface area contributed by atoms with Gasteiger partial charge < -0.3 is 20.2 Å². The summed E-state index contributed by atoms with van der Waals surface area (Å²) < 4.78 is 17.4. The number of benzene rings is 3. The number of allylic oxidation sites excluding steroid dienone is 2. The monoisotopic (exact) mass is 519 g/mol. The summed E-state index contributed by atoms with van der Waals surface area (Å²) in [4.78, 5) is 16.1. The van der Waals surface area contributed by atoms with Crippen LogP contribution < -0.4 is 0 Å². The van der Waals surface area contributed by atoms with Crippen molar-refractivity contribution < 1.29 is 19.4 Å². The Morgan fingerprint density at radius 2 is 1.62 bits per heavy atom. The predicted octanol–water partition coefficient (Wildman–Crippen LogP) is 7.51. The van der Waals surface area contributed by atoms with Crippen molar-refractivity contribution in [3.63, 3.8) is 0 Å². The first kappa shape index (κ1) is 25.6. The standard InChI is InChI=1S/C32H26FN3O3/c1-19(34)30(20(2)37)22-11-14-25-26(24-13-12-23(32(38)39)16-27(24)33)18-36(29(25)17-22)31(21-8-4-3-5-9-21)28-10-6-7-15-35-28/h3-18,31,34,37H,1-2H3,(H,38,39)/b30-20+,34-19?.